The summed E-state index contributed by atoms with van der Waals surface area (Å²) in [5.74, 6) is -1.43. The van der Waals surface area contributed by atoms with Crippen LogP contribution in [-0.4, -0.2) is 64.5 Å². The van der Waals surface area contributed by atoms with E-state index in [1.54, 1.807) is 17.9 Å². The lowest BCUT2D eigenvalue weighted by molar-refractivity contribution is -0.137. The first kappa shape index (κ1) is 25.3. The van der Waals surface area contributed by atoms with Crippen molar-refractivity contribution in [3.63, 3.8) is 0 Å². The molecule has 0 radical (unpaired) electrons. The molecule has 2 heterocycles. The summed E-state index contributed by atoms with van der Waals surface area (Å²) in [7, 11) is 0. The standard InChI is InChI=1S/C25H33N3O6/c1-17-7-5-8-19(26)9-6-10-20(27-33-16-23(31)28-11-3-2-4-12-28)13-18-14-21(29)15-22(30)24(18)25(32)34-17/h5-6,8,10,14-15,17,19,29-30H,2-4,7,9,11-13,16,26H2,1H3/b8-5+,10-6+,27-20+/t17-,19-/m1/s1. The molecule has 2 atom stereocenters. The number of nitrogens with zero attached hydrogens (tertiary/aromatic N) is 2. The number of rotatable bonds is 3. The summed E-state index contributed by atoms with van der Waals surface area (Å²) in [6.45, 7) is 2.99. The molecule has 184 valence electrons. The number of aromatic hydroxyl groups is 2. The highest BCUT2D eigenvalue weighted by Gasteiger charge is 2.22. The average molecular weight is 472 g/mol. The van der Waals surface area contributed by atoms with Gasteiger partial charge in [-0.05, 0) is 50.3 Å². The molecule has 3 rings (SSSR count). The number of carbonyl (C=O) groups excluding carboxylic acids is 2. The van der Waals surface area contributed by atoms with Gasteiger partial charge in [-0.25, -0.2) is 4.79 Å². The second-order valence-corrected chi connectivity index (χ2v) is 8.66. The van der Waals surface area contributed by atoms with Gasteiger partial charge >= 0.3 is 5.97 Å². The number of fused-ring (bicyclic) bond motifs is 1. The first-order valence-corrected chi connectivity index (χ1v) is 11.6. The van der Waals surface area contributed by atoms with Gasteiger partial charge in [-0.3, -0.25) is 4.79 Å². The molecular weight excluding hydrogens is 438 g/mol. The number of allylic oxidation sites excluding steroid dienone is 1. The Morgan fingerprint density at radius 2 is 1.97 bits per heavy atom. The number of hydrogen-bond acceptors (Lipinski definition) is 8. The highest BCUT2D eigenvalue weighted by atomic mass is 16.6. The van der Waals surface area contributed by atoms with E-state index in [-0.39, 0.29) is 42.0 Å². The molecule has 0 aliphatic carbocycles. The second-order valence-electron chi connectivity index (χ2n) is 8.66. The molecule has 0 bridgehead atoms. The Kier molecular flexibility index (Phi) is 9.09. The Hall–Kier alpha value is -3.33. The molecule has 0 aromatic heterocycles. The minimum absolute atomic E-state index is 0.0483. The first-order chi connectivity index (χ1) is 16.3. The molecule has 0 unspecified atom stereocenters. The predicted molar refractivity (Wildman–Crippen MR) is 128 cm³/mol. The van der Waals surface area contributed by atoms with Crippen LogP contribution in [0.1, 0.15) is 54.9 Å². The Labute approximate surface area is 199 Å². The number of likely N-dealkylation sites (tertiary alicyclic amines) is 1. The summed E-state index contributed by atoms with van der Waals surface area (Å²) in [6, 6.07) is 2.24. The number of esters is 1. The number of amides is 1. The number of phenolic OH excluding ortho intramolecular Hbond substituents is 2. The highest BCUT2D eigenvalue weighted by molar-refractivity contribution is 6.00. The van der Waals surface area contributed by atoms with E-state index in [0.717, 1.165) is 38.4 Å². The molecule has 4 N–H and O–H groups in total. The van der Waals surface area contributed by atoms with Gasteiger partial charge < -0.3 is 30.4 Å². The van der Waals surface area contributed by atoms with Crippen LogP contribution in [-0.2, 0) is 20.8 Å². The maximum absolute atomic E-state index is 12.8. The van der Waals surface area contributed by atoms with Crippen LogP contribution >= 0.6 is 0 Å². The molecular formula is C25H33N3O6. The van der Waals surface area contributed by atoms with Crippen molar-refractivity contribution < 1.29 is 29.4 Å². The van der Waals surface area contributed by atoms with E-state index in [4.69, 9.17) is 15.3 Å². The van der Waals surface area contributed by atoms with Gasteiger partial charge in [-0.15, -0.1) is 0 Å². The second kappa shape index (κ2) is 12.2. The molecule has 1 amide bonds. The normalized spacial score (nSPS) is 25.1. The minimum atomic E-state index is -0.709. The van der Waals surface area contributed by atoms with Gasteiger partial charge in [-0.1, -0.05) is 23.4 Å². The van der Waals surface area contributed by atoms with E-state index in [1.165, 1.54) is 6.07 Å². The number of oxime groups is 1. The number of carbonyl (C=O) groups is 2. The number of nitrogens with two attached hydrogens (primary N) is 1. The highest BCUT2D eigenvalue weighted by Crippen LogP contribution is 2.29. The molecule has 0 saturated carbocycles. The zero-order valence-electron chi connectivity index (χ0n) is 19.5. The molecule has 1 aromatic rings. The average Bonchev–Trinajstić information content (AvgIpc) is 2.78. The number of hydrogen-bond donors (Lipinski definition) is 3. The van der Waals surface area contributed by atoms with Crippen LogP contribution < -0.4 is 5.73 Å². The topological polar surface area (TPSA) is 135 Å². The summed E-state index contributed by atoms with van der Waals surface area (Å²) in [6.07, 6.45) is 10.9. The maximum Gasteiger partial charge on any atom is 0.342 e. The molecule has 9 heteroatoms. The first-order valence-electron chi connectivity index (χ1n) is 11.6. The molecule has 9 nitrogen and oxygen atoms in total. The van der Waals surface area contributed by atoms with Crippen molar-refractivity contribution in [2.45, 2.75) is 57.6 Å². The number of benzene rings is 1. The van der Waals surface area contributed by atoms with E-state index in [9.17, 15) is 19.8 Å². The lowest BCUT2D eigenvalue weighted by Gasteiger charge is -2.26. The van der Waals surface area contributed by atoms with Crippen LogP contribution in [0.5, 0.6) is 11.5 Å². The van der Waals surface area contributed by atoms with Crippen LogP contribution in [0.25, 0.3) is 0 Å². The molecule has 2 aliphatic rings. The molecule has 34 heavy (non-hydrogen) atoms. The van der Waals surface area contributed by atoms with Crippen molar-refractivity contribution >= 4 is 17.6 Å². The predicted octanol–water partition coefficient (Wildman–Crippen LogP) is 2.80. The Morgan fingerprint density at radius 3 is 2.74 bits per heavy atom. The van der Waals surface area contributed by atoms with Crippen LogP contribution in [0, 0.1) is 0 Å². The van der Waals surface area contributed by atoms with E-state index in [0.29, 0.717) is 24.1 Å². The van der Waals surface area contributed by atoms with E-state index in [2.05, 4.69) is 5.16 Å². The summed E-state index contributed by atoms with van der Waals surface area (Å²) in [5.41, 5.74) is 6.78. The van der Waals surface area contributed by atoms with Gasteiger partial charge in [0, 0.05) is 38.0 Å². The third-order valence-corrected chi connectivity index (χ3v) is 5.72. The number of ether oxygens (including phenoxy) is 1. The fourth-order valence-electron chi connectivity index (χ4n) is 3.94. The smallest absolute Gasteiger partial charge is 0.342 e. The van der Waals surface area contributed by atoms with Crippen LogP contribution in [0.2, 0.25) is 0 Å². The van der Waals surface area contributed by atoms with E-state index >= 15 is 0 Å². The van der Waals surface area contributed by atoms with Crippen LogP contribution in [0.4, 0.5) is 0 Å². The van der Waals surface area contributed by atoms with Crippen molar-refractivity contribution in [2.75, 3.05) is 19.7 Å². The van der Waals surface area contributed by atoms with Crippen molar-refractivity contribution in [1.29, 1.82) is 0 Å². The summed E-state index contributed by atoms with van der Waals surface area (Å²) >= 11 is 0. The van der Waals surface area contributed by atoms with Gasteiger partial charge in [0.25, 0.3) is 5.91 Å². The summed E-state index contributed by atoms with van der Waals surface area (Å²) in [4.78, 5) is 32.3. The summed E-state index contributed by atoms with van der Waals surface area (Å²) < 4.78 is 5.48. The van der Waals surface area contributed by atoms with Crippen LogP contribution in [0.3, 0.4) is 0 Å². The monoisotopic (exact) mass is 471 g/mol. The summed E-state index contributed by atoms with van der Waals surface area (Å²) in [5, 5.41) is 24.5. The van der Waals surface area contributed by atoms with Crippen LogP contribution in [0.15, 0.2) is 41.6 Å². The van der Waals surface area contributed by atoms with E-state index in [1.807, 2.05) is 18.2 Å². The fraction of sp³-hybridized carbons (Fsp3) is 0.480. The third kappa shape index (κ3) is 7.34. The molecule has 0 spiro atoms. The van der Waals surface area contributed by atoms with Gasteiger partial charge in [0.05, 0.1) is 5.71 Å². The third-order valence-electron chi connectivity index (χ3n) is 5.72. The zero-order valence-corrected chi connectivity index (χ0v) is 19.5. The van der Waals surface area contributed by atoms with Gasteiger partial charge in [0.1, 0.15) is 23.2 Å². The van der Waals surface area contributed by atoms with Crippen molar-refractivity contribution in [3.8, 4) is 11.5 Å². The quantitative estimate of drug-likeness (QED) is 0.350. The number of piperidine rings is 1. The minimum Gasteiger partial charge on any atom is -0.508 e. The Bertz CT molecular complexity index is 966. The molecule has 1 aromatic carbocycles. The lowest BCUT2D eigenvalue weighted by atomic mass is 9.99. The Balaban J connectivity index is 1.86. The van der Waals surface area contributed by atoms with Crippen molar-refractivity contribution in [1.82, 2.24) is 4.90 Å². The van der Waals surface area contributed by atoms with Gasteiger partial charge in [0.15, 0.2) is 6.61 Å². The van der Waals surface area contributed by atoms with Crippen molar-refractivity contribution in [2.24, 2.45) is 10.9 Å². The molecule has 1 fully saturated rings. The zero-order chi connectivity index (χ0) is 24.5. The van der Waals surface area contributed by atoms with Gasteiger partial charge in [-0.2, -0.15) is 0 Å². The van der Waals surface area contributed by atoms with Crippen molar-refractivity contribution in [3.05, 3.63) is 47.6 Å². The number of cyclic esters (lactones) is 1. The Morgan fingerprint density at radius 1 is 1.21 bits per heavy atom. The largest absolute Gasteiger partial charge is 0.508 e. The fourth-order valence-corrected chi connectivity index (χ4v) is 3.94. The lowest BCUT2D eigenvalue weighted by Crippen LogP contribution is -2.37. The van der Waals surface area contributed by atoms with Gasteiger partial charge in [0.2, 0.25) is 0 Å². The maximum atomic E-state index is 12.8. The number of phenols is 2. The van der Waals surface area contributed by atoms with E-state index < -0.39 is 12.1 Å². The SMILES string of the molecule is C[C@@H]1C/C=C/[C@@H](N)C/C=C/C(=N\OCC(=O)N2CCCCC2)Cc2cc(O)cc(O)c2C(=O)O1. The molecule has 1 saturated heterocycles. The molecule has 2 aliphatic heterocycles.